The van der Waals surface area contributed by atoms with Gasteiger partial charge in [-0.2, -0.15) is 0 Å². The molecule has 0 bridgehead atoms. The van der Waals surface area contributed by atoms with E-state index in [1.807, 2.05) is 13.8 Å². The maximum Gasteiger partial charge on any atom is 0.253 e. The van der Waals surface area contributed by atoms with E-state index in [1.54, 1.807) is 6.07 Å². The molecule has 6 nitrogen and oxygen atoms in total. The second-order valence-corrected chi connectivity index (χ2v) is 9.06. The molecule has 3 rings (SSSR count). The molecule has 0 aliphatic carbocycles. The number of aromatic nitrogens is 1. The maximum absolute atomic E-state index is 12.7. The van der Waals surface area contributed by atoms with Crippen molar-refractivity contribution in [1.82, 2.24) is 15.2 Å². The monoisotopic (exact) mass is 401 g/mol. The summed E-state index contributed by atoms with van der Waals surface area (Å²) in [6.45, 7) is 11.9. The molecule has 1 aromatic heterocycles. The normalized spacial score (nSPS) is 21.5. The molecule has 1 spiro atoms. The Bertz CT molecular complexity index is 800. The minimum Gasteiger partial charge on any atom is -0.370 e. The van der Waals surface area contributed by atoms with Gasteiger partial charge in [-0.05, 0) is 51.5 Å². The molecule has 1 unspecified atom stereocenters. The summed E-state index contributed by atoms with van der Waals surface area (Å²) in [4.78, 5) is 29.5. The number of rotatable bonds is 6. The molecule has 0 aromatic carbocycles. The van der Waals surface area contributed by atoms with Gasteiger partial charge in [0.05, 0.1) is 17.3 Å². The van der Waals surface area contributed by atoms with Crippen LogP contribution in [-0.4, -0.2) is 53.7 Å². The number of carbonyl (C=O) groups excluding carboxylic acids is 1. The number of amides is 1. The Morgan fingerprint density at radius 1 is 1.31 bits per heavy atom. The zero-order valence-electron chi connectivity index (χ0n) is 18.2. The first-order chi connectivity index (χ1) is 13.8. The standard InChI is InChI=1S/C23H35N3O3/c1-16(2)8-12-26-13-10-23(11-14-26)9-7-18(29-23)15-24-22(28)19-5-6-20(27)25-21(19)17(3)4/h5-6,8,17-18H,7,9-15H2,1-4H3,(H,24,28)(H,25,27). The van der Waals surface area contributed by atoms with Gasteiger partial charge in [0, 0.05) is 37.9 Å². The van der Waals surface area contributed by atoms with Crippen molar-refractivity contribution in [2.75, 3.05) is 26.2 Å². The topological polar surface area (TPSA) is 74.4 Å². The van der Waals surface area contributed by atoms with E-state index >= 15 is 0 Å². The SMILES string of the molecule is CC(C)=CCN1CCC2(CCC(CNC(=O)c3ccc(=O)[nH]c3C(C)C)O2)CC1. The van der Waals surface area contributed by atoms with Gasteiger partial charge in [0.1, 0.15) is 0 Å². The average Bonchev–Trinajstić information content (AvgIpc) is 3.08. The largest absolute Gasteiger partial charge is 0.370 e. The summed E-state index contributed by atoms with van der Waals surface area (Å²) in [5.74, 6) is -0.0711. The molecule has 1 aromatic rings. The number of hydrogen-bond acceptors (Lipinski definition) is 4. The summed E-state index contributed by atoms with van der Waals surface area (Å²) < 4.78 is 6.43. The van der Waals surface area contributed by atoms with Crippen LogP contribution in [0.4, 0.5) is 0 Å². The predicted octanol–water partition coefficient (Wildman–Crippen LogP) is 3.21. The number of hydrogen-bond donors (Lipinski definition) is 2. The molecule has 6 heteroatoms. The highest BCUT2D eigenvalue weighted by Gasteiger charge is 2.42. The van der Waals surface area contributed by atoms with Crippen molar-refractivity contribution >= 4 is 5.91 Å². The Kier molecular flexibility index (Phi) is 6.96. The summed E-state index contributed by atoms with van der Waals surface area (Å²) >= 11 is 0. The predicted molar refractivity (Wildman–Crippen MR) is 115 cm³/mol. The number of ether oxygens (including phenoxy) is 1. The van der Waals surface area contributed by atoms with Crippen molar-refractivity contribution < 1.29 is 9.53 Å². The van der Waals surface area contributed by atoms with Gasteiger partial charge in [-0.25, -0.2) is 0 Å². The lowest BCUT2D eigenvalue weighted by molar-refractivity contribution is -0.0741. The number of pyridine rings is 1. The average molecular weight is 402 g/mol. The second kappa shape index (κ2) is 9.26. The van der Waals surface area contributed by atoms with Crippen molar-refractivity contribution in [3.8, 4) is 0 Å². The van der Waals surface area contributed by atoms with Gasteiger partial charge in [0.15, 0.2) is 0 Å². The summed E-state index contributed by atoms with van der Waals surface area (Å²) in [6.07, 6.45) is 6.52. The van der Waals surface area contributed by atoms with E-state index in [0.29, 0.717) is 17.8 Å². The molecular weight excluding hydrogens is 366 g/mol. The van der Waals surface area contributed by atoms with Crippen LogP contribution in [0.3, 0.4) is 0 Å². The molecule has 1 atom stereocenters. The van der Waals surface area contributed by atoms with Crippen LogP contribution < -0.4 is 10.9 Å². The molecule has 0 radical (unpaired) electrons. The zero-order valence-corrected chi connectivity index (χ0v) is 18.2. The third-order valence-electron chi connectivity index (χ3n) is 6.13. The minimum absolute atomic E-state index is 0.0159. The van der Waals surface area contributed by atoms with E-state index in [1.165, 1.54) is 11.6 Å². The lowest BCUT2D eigenvalue weighted by Gasteiger charge is -2.39. The van der Waals surface area contributed by atoms with Gasteiger partial charge >= 0.3 is 0 Å². The van der Waals surface area contributed by atoms with Crippen molar-refractivity contribution in [2.45, 2.75) is 71.0 Å². The number of piperidine rings is 1. The highest BCUT2D eigenvalue weighted by atomic mass is 16.5. The van der Waals surface area contributed by atoms with Gasteiger partial charge in [0.2, 0.25) is 5.56 Å². The van der Waals surface area contributed by atoms with Crippen LogP contribution in [0.1, 0.15) is 75.3 Å². The molecule has 2 saturated heterocycles. The van der Waals surface area contributed by atoms with Crippen LogP contribution in [-0.2, 0) is 4.74 Å². The highest BCUT2D eigenvalue weighted by Crippen LogP contribution is 2.38. The first-order valence-corrected chi connectivity index (χ1v) is 10.8. The number of nitrogens with zero attached hydrogens (tertiary/aromatic N) is 1. The molecular formula is C23H35N3O3. The van der Waals surface area contributed by atoms with Crippen LogP contribution in [0, 0.1) is 0 Å². The fourth-order valence-electron chi connectivity index (χ4n) is 4.31. The fraction of sp³-hybridized carbons (Fsp3) is 0.652. The molecule has 2 aliphatic heterocycles. The molecule has 29 heavy (non-hydrogen) atoms. The Morgan fingerprint density at radius 2 is 2.03 bits per heavy atom. The zero-order chi connectivity index (χ0) is 21.0. The molecule has 0 saturated carbocycles. The maximum atomic E-state index is 12.7. The highest BCUT2D eigenvalue weighted by molar-refractivity contribution is 5.95. The molecule has 1 amide bonds. The lowest BCUT2D eigenvalue weighted by Crippen LogP contribution is -2.45. The summed E-state index contributed by atoms with van der Waals surface area (Å²) in [5.41, 5.74) is 2.39. The Hall–Kier alpha value is -1.92. The molecule has 2 N–H and O–H groups in total. The third-order valence-corrected chi connectivity index (χ3v) is 6.13. The second-order valence-electron chi connectivity index (χ2n) is 9.06. The van der Waals surface area contributed by atoms with Crippen LogP contribution in [0.25, 0.3) is 0 Å². The van der Waals surface area contributed by atoms with Crippen molar-refractivity contribution in [2.24, 2.45) is 0 Å². The van der Waals surface area contributed by atoms with Crippen LogP contribution in [0.5, 0.6) is 0 Å². The smallest absolute Gasteiger partial charge is 0.253 e. The molecule has 2 aliphatic rings. The molecule has 160 valence electrons. The fourth-order valence-corrected chi connectivity index (χ4v) is 4.31. The lowest BCUT2D eigenvalue weighted by atomic mass is 9.88. The Morgan fingerprint density at radius 3 is 2.69 bits per heavy atom. The first kappa shape index (κ1) is 21.8. The Labute approximate surface area is 173 Å². The van der Waals surface area contributed by atoms with Gasteiger partial charge in [-0.1, -0.05) is 25.5 Å². The van der Waals surface area contributed by atoms with Gasteiger partial charge in [-0.15, -0.1) is 0 Å². The van der Waals surface area contributed by atoms with Crippen molar-refractivity contribution in [1.29, 1.82) is 0 Å². The number of likely N-dealkylation sites (tertiary alicyclic amines) is 1. The van der Waals surface area contributed by atoms with Crippen LogP contribution in [0.2, 0.25) is 0 Å². The minimum atomic E-state index is -0.178. The van der Waals surface area contributed by atoms with Crippen molar-refractivity contribution in [3.05, 3.63) is 45.4 Å². The van der Waals surface area contributed by atoms with Gasteiger partial charge < -0.3 is 15.0 Å². The van der Waals surface area contributed by atoms with Gasteiger partial charge in [-0.3, -0.25) is 14.5 Å². The number of carbonyl (C=O) groups is 1. The van der Waals surface area contributed by atoms with E-state index in [2.05, 4.69) is 35.1 Å². The first-order valence-electron chi connectivity index (χ1n) is 10.8. The molecule has 2 fully saturated rings. The summed E-state index contributed by atoms with van der Waals surface area (Å²) in [5, 5.41) is 3.02. The third kappa shape index (κ3) is 5.58. The quantitative estimate of drug-likeness (QED) is 0.718. The summed E-state index contributed by atoms with van der Waals surface area (Å²) in [7, 11) is 0. The van der Waals surface area contributed by atoms with Crippen LogP contribution >= 0.6 is 0 Å². The van der Waals surface area contributed by atoms with Crippen molar-refractivity contribution in [3.63, 3.8) is 0 Å². The molecule has 3 heterocycles. The van der Waals surface area contributed by atoms with E-state index < -0.39 is 0 Å². The van der Waals surface area contributed by atoms with E-state index in [-0.39, 0.29) is 29.1 Å². The number of aromatic amines is 1. The van der Waals surface area contributed by atoms with E-state index in [0.717, 1.165) is 45.3 Å². The van der Waals surface area contributed by atoms with E-state index in [9.17, 15) is 9.59 Å². The van der Waals surface area contributed by atoms with E-state index in [4.69, 9.17) is 4.74 Å². The number of nitrogens with one attached hydrogen (secondary N) is 2. The Balaban J connectivity index is 1.51. The summed E-state index contributed by atoms with van der Waals surface area (Å²) in [6, 6.07) is 3.02. The number of allylic oxidation sites excluding steroid dienone is 1. The number of H-pyrrole nitrogens is 1. The van der Waals surface area contributed by atoms with Crippen LogP contribution in [0.15, 0.2) is 28.6 Å². The van der Waals surface area contributed by atoms with Gasteiger partial charge in [0.25, 0.3) is 5.91 Å².